The fourth-order valence-electron chi connectivity index (χ4n) is 2.10. The molecule has 0 radical (unpaired) electrons. The van der Waals surface area contributed by atoms with Crippen LogP contribution < -0.4 is 14.8 Å². The maximum absolute atomic E-state index is 9.27. The molecule has 2 aromatic carbocycles. The third-order valence-corrected chi connectivity index (χ3v) is 3.23. The van der Waals surface area contributed by atoms with Crippen molar-refractivity contribution in [3.05, 3.63) is 59.7 Å². The maximum atomic E-state index is 9.27. The Morgan fingerprint density at radius 1 is 1.05 bits per heavy atom. The lowest BCUT2D eigenvalue weighted by Gasteiger charge is -2.13. The Morgan fingerprint density at radius 2 is 1.82 bits per heavy atom. The highest BCUT2D eigenvalue weighted by atomic mass is 16.5. The number of benzene rings is 2. The van der Waals surface area contributed by atoms with Gasteiger partial charge in [-0.3, -0.25) is 0 Å². The lowest BCUT2D eigenvalue weighted by atomic mass is 10.2. The van der Waals surface area contributed by atoms with Crippen molar-refractivity contribution in [1.82, 2.24) is 5.32 Å². The Labute approximate surface area is 131 Å². The fraction of sp³-hybridized carbons (Fsp3) is 0.333. The molecule has 1 unspecified atom stereocenters. The van der Waals surface area contributed by atoms with Crippen LogP contribution >= 0.6 is 0 Å². The second kappa shape index (κ2) is 8.41. The van der Waals surface area contributed by atoms with Crippen LogP contribution in [0.4, 0.5) is 0 Å². The van der Waals surface area contributed by atoms with E-state index < -0.39 is 0 Å². The zero-order valence-corrected chi connectivity index (χ0v) is 13.1. The number of aliphatic hydroxyl groups excluding tert-OH is 1. The molecule has 0 amide bonds. The average Bonchev–Trinajstić information content (AvgIpc) is 2.54. The Bertz CT molecular complexity index is 570. The van der Waals surface area contributed by atoms with Crippen molar-refractivity contribution < 1.29 is 14.6 Å². The van der Waals surface area contributed by atoms with E-state index in [0.717, 1.165) is 22.6 Å². The van der Waals surface area contributed by atoms with Gasteiger partial charge in [-0.15, -0.1) is 0 Å². The van der Waals surface area contributed by atoms with Gasteiger partial charge < -0.3 is 19.9 Å². The third kappa shape index (κ3) is 5.06. The summed E-state index contributed by atoms with van der Waals surface area (Å²) in [4.78, 5) is 0. The predicted octanol–water partition coefficient (Wildman–Crippen LogP) is 2.74. The van der Waals surface area contributed by atoms with E-state index in [1.165, 1.54) is 0 Å². The number of nitrogens with one attached hydrogen (secondary N) is 1. The van der Waals surface area contributed by atoms with E-state index >= 15 is 0 Å². The first-order chi connectivity index (χ1) is 10.7. The summed E-state index contributed by atoms with van der Waals surface area (Å²) in [6.45, 7) is 3.50. The highest BCUT2D eigenvalue weighted by Gasteiger charge is 2.06. The molecule has 2 rings (SSSR count). The molecule has 0 aliphatic heterocycles. The van der Waals surface area contributed by atoms with Crippen LogP contribution in [0, 0.1) is 0 Å². The molecule has 1 atom stereocenters. The molecule has 2 N–H and O–H groups in total. The summed E-state index contributed by atoms with van der Waals surface area (Å²) in [6.07, 6.45) is -0.355. The molecule has 2 aromatic rings. The lowest BCUT2D eigenvalue weighted by molar-refractivity contribution is 0.191. The van der Waals surface area contributed by atoms with Crippen LogP contribution in [-0.2, 0) is 13.2 Å². The van der Waals surface area contributed by atoms with E-state index in [-0.39, 0.29) is 6.10 Å². The van der Waals surface area contributed by atoms with Crippen molar-refractivity contribution in [1.29, 1.82) is 0 Å². The van der Waals surface area contributed by atoms with Crippen LogP contribution in [-0.4, -0.2) is 24.9 Å². The summed E-state index contributed by atoms with van der Waals surface area (Å²) in [6, 6.07) is 15.9. The van der Waals surface area contributed by atoms with Gasteiger partial charge in [0.25, 0.3) is 0 Å². The molecular weight excluding hydrogens is 278 g/mol. The first-order valence-electron chi connectivity index (χ1n) is 7.41. The molecule has 0 heterocycles. The fourth-order valence-corrected chi connectivity index (χ4v) is 2.10. The molecule has 4 heteroatoms. The van der Waals surface area contributed by atoms with Crippen LogP contribution in [0.1, 0.15) is 18.1 Å². The Morgan fingerprint density at radius 3 is 2.50 bits per heavy atom. The second-order valence-electron chi connectivity index (χ2n) is 5.24. The molecule has 0 saturated heterocycles. The van der Waals surface area contributed by atoms with Crippen molar-refractivity contribution in [3.63, 3.8) is 0 Å². The molecule has 0 spiro atoms. The molecule has 0 fully saturated rings. The van der Waals surface area contributed by atoms with Crippen molar-refractivity contribution in [2.75, 3.05) is 13.7 Å². The maximum Gasteiger partial charge on any atom is 0.161 e. The Hall–Kier alpha value is -2.04. The standard InChI is InChI=1S/C18H23NO3/c1-14(20)11-19-12-16-8-9-17(21-2)18(10-16)22-13-15-6-4-3-5-7-15/h3-10,14,19-20H,11-13H2,1-2H3. The Balaban J connectivity index is 2.01. The molecule has 0 aliphatic rings. The van der Waals surface area contributed by atoms with E-state index in [9.17, 15) is 5.11 Å². The van der Waals surface area contributed by atoms with E-state index in [2.05, 4.69) is 5.32 Å². The number of ether oxygens (including phenoxy) is 2. The summed E-state index contributed by atoms with van der Waals surface area (Å²) in [5.74, 6) is 1.44. The predicted molar refractivity (Wildman–Crippen MR) is 87.2 cm³/mol. The van der Waals surface area contributed by atoms with E-state index in [4.69, 9.17) is 9.47 Å². The summed E-state index contributed by atoms with van der Waals surface area (Å²) >= 11 is 0. The van der Waals surface area contributed by atoms with Gasteiger partial charge in [0.1, 0.15) is 6.61 Å². The quantitative estimate of drug-likeness (QED) is 0.787. The summed E-state index contributed by atoms with van der Waals surface area (Å²) in [5, 5.41) is 12.5. The summed E-state index contributed by atoms with van der Waals surface area (Å²) in [7, 11) is 1.63. The van der Waals surface area contributed by atoms with Crippen molar-refractivity contribution >= 4 is 0 Å². The van der Waals surface area contributed by atoms with Crippen molar-refractivity contribution in [2.45, 2.75) is 26.2 Å². The van der Waals surface area contributed by atoms with Crippen molar-refractivity contribution in [2.24, 2.45) is 0 Å². The topological polar surface area (TPSA) is 50.7 Å². The Kier molecular flexibility index (Phi) is 6.25. The van der Waals surface area contributed by atoms with Crippen LogP contribution in [0.2, 0.25) is 0 Å². The lowest BCUT2D eigenvalue weighted by Crippen LogP contribution is -2.23. The second-order valence-corrected chi connectivity index (χ2v) is 5.24. The zero-order chi connectivity index (χ0) is 15.8. The van der Waals surface area contributed by atoms with Crippen LogP contribution in [0.15, 0.2) is 48.5 Å². The molecule has 0 aliphatic carbocycles. The number of methoxy groups -OCH3 is 1. The van der Waals surface area contributed by atoms with Crippen molar-refractivity contribution in [3.8, 4) is 11.5 Å². The summed E-state index contributed by atoms with van der Waals surface area (Å²) in [5.41, 5.74) is 2.20. The molecule has 22 heavy (non-hydrogen) atoms. The molecule has 4 nitrogen and oxygen atoms in total. The largest absolute Gasteiger partial charge is 0.493 e. The SMILES string of the molecule is COc1ccc(CNCC(C)O)cc1OCc1ccccc1. The summed E-state index contributed by atoms with van der Waals surface area (Å²) < 4.78 is 11.2. The minimum absolute atomic E-state index is 0.355. The molecule has 0 saturated carbocycles. The van der Waals surface area contributed by atoms with Crippen LogP contribution in [0.5, 0.6) is 11.5 Å². The van der Waals surface area contributed by atoms with Gasteiger partial charge in [0.05, 0.1) is 13.2 Å². The smallest absolute Gasteiger partial charge is 0.161 e. The number of rotatable bonds is 8. The van der Waals surface area contributed by atoms with E-state index in [1.54, 1.807) is 14.0 Å². The number of hydrogen-bond donors (Lipinski definition) is 2. The monoisotopic (exact) mass is 301 g/mol. The van der Waals surface area contributed by atoms with Gasteiger partial charge >= 0.3 is 0 Å². The number of hydrogen-bond acceptors (Lipinski definition) is 4. The highest BCUT2D eigenvalue weighted by Crippen LogP contribution is 2.28. The minimum Gasteiger partial charge on any atom is -0.493 e. The molecule has 0 aromatic heterocycles. The van der Waals surface area contributed by atoms with Gasteiger partial charge in [-0.25, -0.2) is 0 Å². The normalized spacial score (nSPS) is 12.0. The van der Waals surface area contributed by atoms with Crippen LogP contribution in [0.3, 0.4) is 0 Å². The molecular formula is C18H23NO3. The number of aliphatic hydroxyl groups is 1. The van der Waals surface area contributed by atoms with Gasteiger partial charge in [-0.05, 0) is 30.2 Å². The van der Waals surface area contributed by atoms with E-state index in [0.29, 0.717) is 19.7 Å². The highest BCUT2D eigenvalue weighted by molar-refractivity contribution is 5.43. The van der Waals surface area contributed by atoms with Gasteiger partial charge in [0, 0.05) is 13.1 Å². The average molecular weight is 301 g/mol. The molecule has 0 bridgehead atoms. The van der Waals surface area contributed by atoms with Gasteiger partial charge in [-0.1, -0.05) is 36.4 Å². The van der Waals surface area contributed by atoms with E-state index in [1.807, 2.05) is 48.5 Å². The zero-order valence-electron chi connectivity index (χ0n) is 13.1. The molecule has 118 valence electrons. The third-order valence-electron chi connectivity index (χ3n) is 3.23. The van der Waals surface area contributed by atoms with Gasteiger partial charge in [0.2, 0.25) is 0 Å². The first-order valence-corrected chi connectivity index (χ1v) is 7.41. The van der Waals surface area contributed by atoms with Gasteiger partial charge in [0.15, 0.2) is 11.5 Å². The van der Waals surface area contributed by atoms with Gasteiger partial charge in [-0.2, -0.15) is 0 Å². The minimum atomic E-state index is -0.355. The first kappa shape index (κ1) is 16.3. The van der Waals surface area contributed by atoms with Crippen LogP contribution in [0.25, 0.3) is 0 Å².